The summed E-state index contributed by atoms with van der Waals surface area (Å²) in [5, 5.41) is 14.8. The van der Waals surface area contributed by atoms with Gasteiger partial charge in [0.05, 0.1) is 37.5 Å². The number of carbonyl (C=O) groups is 2. The van der Waals surface area contributed by atoms with Gasteiger partial charge in [-0.15, -0.1) is 11.3 Å². The molecule has 0 saturated carbocycles. The molecular formula is C38H41Cl2N3O7S. The SMILES string of the molecule is COc1ccc([C@H](Cc2c(Cl)cncc2Cl)OC(=O)c2ccc(CNC(CO)(C(=O)OCC34CCN(CC3)CC4)c3ccccc3)s2)cc1OC. The Morgan fingerprint density at radius 2 is 1.67 bits per heavy atom. The Morgan fingerprint density at radius 3 is 2.31 bits per heavy atom. The number of nitrogens with zero attached hydrogens (tertiary/aromatic N) is 2. The lowest BCUT2D eigenvalue weighted by Crippen LogP contribution is -2.55. The summed E-state index contributed by atoms with van der Waals surface area (Å²) in [6.45, 7) is 3.05. The standard InChI is InChI=1S/C38H41Cl2N3O7S/c1-47-31-10-8-25(18-33(31)48-2)32(19-28-29(39)21-41-22-30(28)40)50-35(45)34-11-9-27(51-34)20-42-38(23-44,26-6-4-3-5-7-26)36(46)49-24-37-12-15-43(16-13-37)17-14-37/h3-11,18,21-22,32,42,44H,12-17,19-20,23-24H2,1-2H3/t32-,38?/m0/s1. The van der Waals surface area contributed by atoms with Crippen molar-refractivity contribution >= 4 is 46.5 Å². The molecule has 0 spiro atoms. The number of pyridine rings is 1. The van der Waals surface area contributed by atoms with E-state index >= 15 is 0 Å². The summed E-state index contributed by atoms with van der Waals surface area (Å²) < 4.78 is 23.0. The van der Waals surface area contributed by atoms with Gasteiger partial charge in [0, 0.05) is 35.7 Å². The van der Waals surface area contributed by atoms with Gasteiger partial charge >= 0.3 is 11.9 Å². The zero-order valence-corrected chi connectivity index (χ0v) is 30.9. The fourth-order valence-electron chi connectivity index (χ4n) is 6.79. The van der Waals surface area contributed by atoms with Gasteiger partial charge in [0.15, 0.2) is 17.0 Å². The minimum absolute atomic E-state index is 0.0197. The number of halogens is 2. The Bertz CT molecular complexity index is 1800. The molecule has 13 heteroatoms. The van der Waals surface area contributed by atoms with E-state index in [1.54, 1.807) is 49.6 Å². The number of aromatic nitrogens is 1. The molecule has 10 nitrogen and oxygen atoms in total. The fourth-order valence-corrected chi connectivity index (χ4v) is 8.14. The average molecular weight is 755 g/mol. The molecular weight excluding hydrogens is 713 g/mol. The lowest BCUT2D eigenvalue weighted by atomic mass is 9.73. The van der Waals surface area contributed by atoms with Crippen molar-refractivity contribution in [2.24, 2.45) is 5.41 Å². The molecule has 270 valence electrons. The van der Waals surface area contributed by atoms with Gasteiger partial charge in [-0.3, -0.25) is 10.3 Å². The topological polar surface area (TPSA) is 119 Å². The van der Waals surface area contributed by atoms with E-state index in [1.807, 2.05) is 18.2 Å². The third kappa shape index (κ3) is 8.19. The van der Waals surface area contributed by atoms with Crippen LogP contribution in [0.1, 0.15) is 56.6 Å². The maximum Gasteiger partial charge on any atom is 0.348 e. The van der Waals surface area contributed by atoms with Crippen LogP contribution in [0.4, 0.5) is 0 Å². The van der Waals surface area contributed by atoms with Crippen molar-refractivity contribution < 1.29 is 33.6 Å². The Balaban J connectivity index is 1.19. The van der Waals surface area contributed by atoms with Crippen molar-refractivity contribution in [3.63, 3.8) is 0 Å². The number of hydrogen-bond acceptors (Lipinski definition) is 11. The van der Waals surface area contributed by atoms with Crippen molar-refractivity contribution in [2.75, 3.05) is 47.1 Å². The van der Waals surface area contributed by atoms with Crippen molar-refractivity contribution in [1.82, 2.24) is 15.2 Å². The molecule has 3 fully saturated rings. The monoisotopic (exact) mass is 753 g/mol. The van der Waals surface area contributed by atoms with E-state index in [2.05, 4.69) is 15.2 Å². The van der Waals surface area contributed by atoms with Crippen molar-refractivity contribution in [3.05, 3.63) is 110 Å². The summed E-state index contributed by atoms with van der Waals surface area (Å²) in [7, 11) is 3.07. The third-order valence-electron chi connectivity index (χ3n) is 10.0. The zero-order chi connectivity index (χ0) is 36.0. The molecule has 3 aliphatic heterocycles. The van der Waals surface area contributed by atoms with E-state index in [9.17, 15) is 14.7 Å². The first kappa shape index (κ1) is 37.1. The summed E-state index contributed by atoms with van der Waals surface area (Å²) in [5.41, 5.74) is 0.304. The minimum atomic E-state index is -1.50. The predicted octanol–water partition coefficient (Wildman–Crippen LogP) is 6.61. The minimum Gasteiger partial charge on any atom is -0.493 e. The maximum absolute atomic E-state index is 13.9. The van der Waals surface area contributed by atoms with Crippen LogP contribution in [0.2, 0.25) is 10.0 Å². The zero-order valence-electron chi connectivity index (χ0n) is 28.5. The van der Waals surface area contributed by atoms with Crippen LogP contribution in [0.15, 0.2) is 73.1 Å². The molecule has 0 amide bonds. The largest absolute Gasteiger partial charge is 0.493 e. The van der Waals surface area contributed by atoms with Gasteiger partial charge in [-0.1, -0.05) is 59.6 Å². The van der Waals surface area contributed by atoms with E-state index in [4.69, 9.17) is 42.1 Å². The molecule has 4 aromatic rings. The summed E-state index contributed by atoms with van der Waals surface area (Å²) >= 11 is 14.1. The Kier molecular flexibility index (Phi) is 11.9. The smallest absolute Gasteiger partial charge is 0.348 e. The number of aliphatic hydroxyl groups excluding tert-OH is 1. The molecule has 2 atom stereocenters. The number of fused-ring (bicyclic) bond motifs is 3. The van der Waals surface area contributed by atoms with Crippen molar-refractivity contribution in [2.45, 2.75) is 43.9 Å². The first-order valence-corrected chi connectivity index (χ1v) is 18.4. The second-order valence-corrected chi connectivity index (χ2v) is 15.0. The molecule has 2 aromatic heterocycles. The average Bonchev–Trinajstić information content (AvgIpc) is 3.66. The second-order valence-electron chi connectivity index (χ2n) is 13.0. The molecule has 1 unspecified atom stereocenters. The molecule has 3 aliphatic rings. The Morgan fingerprint density at radius 1 is 0.980 bits per heavy atom. The molecule has 5 heterocycles. The van der Waals surface area contributed by atoms with Gasteiger partial charge in [0.2, 0.25) is 0 Å². The van der Waals surface area contributed by atoms with Crippen LogP contribution in [0.25, 0.3) is 0 Å². The van der Waals surface area contributed by atoms with Crippen LogP contribution in [-0.4, -0.2) is 74.0 Å². The van der Waals surface area contributed by atoms with Crippen LogP contribution in [-0.2, 0) is 32.8 Å². The van der Waals surface area contributed by atoms with E-state index in [0.29, 0.717) is 49.7 Å². The normalized spacial score (nSPS) is 19.9. The lowest BCUT2D eigenvalue weighted by Gasteiger charge is -2.48. The molecule has 7 rings (SSSR count). The van der Waals surface area contributed by atoms with Crippen LogP contribution >= 0.6 is 34.5 Å². The summed E-state index contributed by atoms with van der Waals surface area (Å²) in [4.78, 5) is 35.2. The second kappa shape index (κ2) is 16.3. The molecule has 0 radical (unpaired) electrons. The predicted molar refractivity (Wildman–Crippen MR) is 196 cm³/mol. The molecule has 2 N–H and O–H groups in total. The van der Waals surface area contributed by atoms with E-state index in [-0.39, 0.29) is 18.4 Å². The molecule has 2 bridgehead atoms. The summed E-state index contributed by atoms with van der Waals surface area (Å²) in [6.07, 6.45) is 5.36. The number of benzene rings is 2. The quantitative estimate of drug-likeness (QED) is 0.128. The molecule has 3 saturated heterocycles. The van der Waals surface area contributed by atoms with Gasteiger partial charge in [0.1, 0.15) is 11.0 Å². The van der Waals surface area contributed by atoms with Gasteiger partial charge in [-0.25, -0.2) is 9.59 Å². The van der Waals surface area contributed by atoms with Gasteiger partial charge < -0.3 is 29.0 Å². The lowest BCUT2D eigenvalue weighted by molar-refractivity contribution is -0.161. The number of rotatable bonds is 15. The van der Waals surface area contributed by atoms with Gasteiger partial charge in [-0.05, 0) is 79.9 Å². The molecule has 51 heavy (non-hydrogen) atoms. The highest BCUT2D eigenvalue weighted by molar-refractivity contribution is 7.13. The van der Waals surface area contributed by atoms with Crippen molar-refractivity contribution in [1.29, 1.82) is 0 Å². The van der Waals surface area contributed by atoms with Crippen LogP contribution < -0.4 is 14.8 Å². The van der Waals surface area contributed by atoms with Crippen LogP contribution in [0.3, 0.4) is 0 Å². The number of ether oxygens (including phenoxy) is 4. The number of aliphatic hydroxyl groups is 1. The molecule has 0 aliphatic carbocycles. The number of methoxy groups -OCH3 is 2. The fraction of sp³-hybridized carbons (Fsp3) is 0.395. The number of thiophene rings is 1. The highest BCUT2D eigenvalue weighted by Crippen LogP contribution is 2.41. The highest BCUT2D eigenvalue weighted by atomic mass is 35.5. The van der Waals surface area contributed by atoms with Crippen LogP contribution in [0, 0.1) is 5.41 Å². The number of piperidine rings is 3. The third-order valence-corrected chi connectivity index (χ3v) is 11.8. The van der Waals surface area contributed by atoms with E-state index < -0.39 is 30.2 Å². The summed E-state index contributed by atoms with van der Waals surface area (Å²) in [5.74, 6) is -0.0819. The number of hydrogen-bond donors (Lipinski definition) is 2. The molecule has 2 aromatic carbocycles. The van der Waals surface area contributed by atoms with Crippen molar-refractivity contribution in [3.8, 4) is 11.5 Å². The highest BCUT2D eigenvalue weighted by Gasteiger charge is 2.45. The first-order chi connectivity index (χ1) is 24.7. The van der Waals surface area contributed by atoms with Gasteiger partial charge in [-0.2, -0.15) is 0 Å². The Hall–Kier alpha value is -3.71. The van der Waals surface area contributed by atoms with Crippen LogP contribution in [0.5, 0.6) is 11.5 Å². The maximum atomic E-state index is 13.9. The van der Waals surface area contributed by atoms with Gasteiger partial charge in [0.25, 0.3) is 0 Å². The van der Waals surface area contributed by atoms with E-state index in [1.165, 1.54) is 30.8 Å². The number of carbonyl (C=O) groups excluding carboxylic acids is 2. The van der Waals surface area contributed by atoms with E-state index in [0.717, 1.165) is 43.8 Å². The first-order valence-electron chi connectivity index (χ1n) is 16.8. The Labute approximate surface area is 311 Å². The summed E-state index contributed by atoms with van der Waals surface area (Å²) in [6, 6.07) is 17.9. The number of esters is 2. The number of nitrogens with one attached hydrogen (secondary N) is 1.